The van der Waals surface area contributed by atoms with Crippen molar-refractivity contribution in [2.45, 2.75) is 115 Å². The zero-order valence-electron chi connectivity index (χ0n) is 21.8. The van der Waals surface area contributed by atoms with E-state index >= 15 is 0 Å². The number of hydroxylamine groups is 4. The number of rotatable bonds is 17. The van der Waals surface area contributed by atoms with Crippen LogP contribution < -0.4 is 5.32 Å². The largest absolute Gasteiger partial charge is 0.379 e. The first kappa shape index (κ1) is 31.2. The maximum Gasteiger partial charge on any atom is 0.246 e. The number of ether oxygens (including phenoxy) is 2. The standard InChI is InChI=1S/C23H45N3O10/c1-22(2,14-24-16(27)7-10-20(31)35-25-12-5-6-17(25)28)34-15-23(3,4)33-13-11-21(32)36-26-18(29)8-9-19(26)30/h16,18-21,24,27,29-32H,5-15H2,1-4H3. The Morgan fingerprint density at radius 3 is 2.19 bits per heavy atom. The van der Waals surface area contributed by atoms with E-state index in [4.69, 9.17) is 19.1 Å². The van der Waals surface area contributed by atoms with Gasteiger partial charge in [0.1, 0.15) is 18.7 Å². The van der Waals surface area contributed by atoms with Crippen LogP contribution >= 0.6 is 0 Å². The first-order valence-corrected chi connectivity index (χ1v) is 12.6. The molecule has 0 bridgehead atoms. The van der Waals surface area contributed by atoms with Crippen LogP contribution in [0.1, 0.15) is 72.6 Å². The molecule has 2 aliphatic heterocycles. The topological polar surface area (TPSA) is 174 Å². The third-order valence-corrected chi connectivity index (χ3v) is 5.91. The summed E-state index contributed by atoms with van der Waals surface area (Å²) in [7, 11) is 0. The molecular weight excluding hydrogens is 478 g/mol. The van der Waals surface area contributed by atoms with Crippen molar-refractivity contribution >= 4 is 5.91 Å². The number of hydrogen-bond donors (Lipinski definition) is 6. The van der Waals surface area contributed by atoms with Gasteiger partial charge in [0.25, 0.3) is 0 Å². The Morgan fingerprint density at radius 2 is 1.58 bits per heavy atom. The van der Waals surface area contributed by atoms with Gasteiger partial charge in [-0.1, -0.05) is 0 Å². The van der Waals surface area contributed by atoms with Gasteiger partial charge in [0.2, 0.25) is 5.91 Å². The van der Waals surface area contributed by atoms with Crippen molar-refractivity contribution < 1.29 is 49.5 Å². The van der Waals surface area contributed by atoms with E-state index in [1.165, 1.54) is 5.06 Å². The monoisotopic (exact) mass is 523 g/mol. The van der Waals surface area contributed by atoms with Crippen molar-refractivity contribution in [3.05, 3.63) is 0 Å². The summed E-state index contributed by atoms with van der Waals surface area (Å²) in [4.78, 5) is 21.9. The fraction of sp³-hybridized carbons (Fsp3) is 0.957. The molecule has 2 aliphatic rings. The number of hydrogen-bond acceptors (Lipinski definition) is 12. The maximum atomic E-state index is 11.5. The molecule has 2 heterocycles. The van der Waals surface area contributed by atoms with Crippen molar-refractivity contribution in [2.24, 2.45) is 0 Å². The van der Waals surface area contributed by atoms with Gasteiger partial charge < -0.3 is 35.0 Å². The first-order chi connectivity index (χ1) is 16.8. The van der Waals surface area contributed by atoms with Gasteiger partial charge in [0.15, 0.2) is 12.6 Å². The van der Waals surface area contributed by atoms with Crippen LogP contribution in [0.15, 0.2) is 0 Å². The Bertz CT molecular complexity index is 658. The molecule has 0 aromatic heterocycles. The molecule has 2 fully saturated rings. The summed E-state index contributed by atoms with van der Waals surface area (Å²) >= 11 is 0. The van der Waals surface area contributed by atoms with E-state index in [0.717, 1.165) is 5.06 Å². The molecule has 0 spiro atoms. The summed E-state index contributed by atoms with van der Waals surface area (Å²) in [5.41, 5.74) is -1.31. The smallest absolute Gasteiger partial charge is 0.246 e. The van der Waals surface area contributed by atoms with E-state index in [9.17, 15) is 30.3 Å². The Balaban J connectivity index is 1.59. The molecule has 0 aliphatic carbocycles. The first-order valence-electron chi connectivity index (χ1n) is 12.6. The van der Waals surface area contributed by atoms with Crippen molar-refractivity contribution in [3.63, 3.8) is 0 Å². The minimum Gasteiger partial charge on any atom is -0.379 e. The lowest BCUT2D eigenvalue weighted by molar-refractivity contribution is -0.340. The van der Waals surface area contributed by atoms with Crippen LogP contribution in [0.4, 0.5) is 0 Å². The number of aliphatic hydroxyl groups is 5. The van der Waals surface area contributed by atoms with E-state index < -0.39 is 42.5 Å². The zero-order chi connectivity index (χ0) is 26.9. The molecule has 0 saturated carbocycles. The molecule has 0 aromatic rings. The molecule has 2 saturated heterocycles. The Hall–Kier alpha value is -0.970. The van der Waals surface area contributed by atoms with Crippen LogP contribution in [0.5, 0.6) is 0 Å². The molecule has 0 radical (unpaired) electrons. The van der Waals surface area contributed by atoms with Gasteiger partial charge in [-0.25, -0.2) is 9.90 Å². The van der Waals surface area contributed by atoms with Crippen LogP contribution in [0, 0.1) is 0 Å². The summed E-state index contributed by atoms with van der Waals surface area (Å²) in [6.07, 6.45) is -2.81. The highest BCUT2D eigenvalue weighted by Gasteiger charge is 2.34. The van der Waals surface area contributed by atoms with Gasteiger partial charge in [0, 0.05) is 32.4 Å². The lowest BCUT2D eigenvalue weighted by atomic mass is 10.1. The normalized spacial score (nSPS) is 24.5. The second-order valence-electron chi connectivity index (χ2n) is 10.5. The third kappa shape index (κ3) is 11.2. The number of amides is 1. The van der Waals surface area contributed by atoms with Gasteiger partial charge in [-0.15, -0.1) is 5.06 Å². The highest BCUT2D eigenvalue weighted by atomic mass is 16.8. The molecule has 13 nitrogen and oxygen atoms in total. The van der Waals surface area contributed by atoms with Crippen LogP contribution in [0.2, 0.25) is 0 Å². The molecule has 5 unspecified atom stereocenters. The van der Waals surface area contributed by atoms with E-state index in [2.05, 4.69) is 5.32 Å². The van der Waals surface area contributed by atoms with Gasteiger partial charge >= 0.3 is 0 Å². The van der Waals surface area contributed by atoms with E-state index in [1.54, 1.807) is 0 Å². The molecular formula is C23H45N3O10. The van der Waals surface area contributed by atoms with Crippen molar-refractivity contribution in [1.82, 2.24) is 15.4 Å². The molecule has 1 amide bonds. The molecule has 13 heteroatoms. The van der Waals surface area contributed by atoms with E-state index in [1.807, 2.05) is 27.7 Å². The van der Waals surface area contributed by atoms with Gasteiger partial charge in [-0.05, 0) is 53.4 Å². The summed E-state index contributed by atoms with van der Waals surface area (Å²) in [5, 5.41) is 54.7. The van der Waals surface area contributed by atoms with Crippen LogP contribution in [-0.2, 0) is 23.9 Å². The molecule has 2 rings (SSSR count). The predicted octanol–water partition coefficient (Wildman–Crippen LogP) is -0.490. The van der Waals surface area contributed by atoms with Crippen LogP contribution in [-0.4, -0.2) is 110 Å². The average molecular weight is 524 g/mol. The van der Waals surface area contributed by atoms with Crippen LogP contribution in [0.25, 0.3) is 0 Å². The Morgan fingerprint density at radius 1 is 0.944 bits per heavy atom. The second-order valence-corrected chi connectivity index (χ2v) is 10.5. The highest BCUT2D eigenvalue weighted by molar-refractivity contribution is 5.76. The predicted molar refractivity (Wildman–Crippen MR) is 126 cm³/mol. The molecule has 36 heavy (non-hydrogen) atoms. The average Bonchev–Trinajstić information content (AvgIpc) is 3.34. The molecule has 5 atom stereocenters. The fourth-order valence-corrected chi connectivity index (χ4v) is 3.68. The minimum absolute atomic E-state index is 0.137. The lowest BCUT2D eigenvalue weighted by Crippen LogP contribution is -2.45. The van der Waals surface area contributed by atoms with Crippen molar-refractivity contribution in [3.8, 4) is 0 Å². The SMILES string of the molecule is CC(C)(CNC(O)CCC(O)ON1CCCC1=O)OCC(C)(C)OCCC(O)ON1C(O)CCC1O. The number of carbonyl (C=O) groups is 1. The van der Waals surface area contributed by atoms with E-state index in [-0.39, 0.29) is 38.4 Å². The lowest BCUT2D eigenvalue weighted by Gasteiger charge is -2.33. The van der Waals surface area contributed by atoms with Gasteiger partial charge in [-0.2, -0.15) is 0 Å². The zero-order valence-corrected chi connectivity index (χ0v) is 21.8. The highest BCUT2D eigenvalue weighted by Crippen LogP contribution is 2.22. The van der Waals surface area contributed by atoms with Gasteiger partial charge in [-0.3, -0.25) is 14.9 Å². The second kappa shape index (κ2) is 14.3. The van der Waals surface area contributed by atoms with Crippen molar-refractivity contribution in [1.29, 1.82) is 0 Å². The quantitative estimate of drug-likeness (QED) is 0.135. The van der Waals surface area contributed by atoms with Crippen LogP contribution in [0.3, 0.4) is 0 Å². The Labute approximate surface area is 212 Å². The summed E-state index contributed by atoms with van der Waals surface area (Å²) in [6.45, 7) is 8.63. The Kier molecular flexibility index (Phi) is 12.4. The number of nitrogens with one attached hydrogen (secondary N) is 1. The molecule has 212 valence electrons. The maximum absolute atomic E-state index is 11.5. The minimum atomic E-state index is -1.23. The van der Waals surface area contributed by atoms with Crippen molar-refractivity contribution in [2.75, 3.05) is 26.3 Å². The molecule has 6 N–H and O–H groups in total. The third-order valence-electron chi connectivity index (χ3n) is 5.91. The summed E-state index contributed by atoms with van der Waals surface area (Å²) in [5.74, 6) is -0.148. The molecule has 0 aromatic carbocycles. The number of nitrogens with zero attached hydrogens (tertiary/aromatic N) is 2. The van der Waals surface area contributed by atoms with E-state index in [0.29, 0.717) is 38.8 Å². The number of aliphatic hydroxyl groups excluding tert-OH is 5. The fourth-order valence-electron chi connectivity index (χ4n) is 3.68. The summed E-state index contributed by atoms with van der Waals surface area (Å²) in [6, 6.07) is 0. The number of carbonyl (C=O) groups excluding carboxylic acids is 1. The van der Waals surface area contributed by atoms with Gasteiger partial charge in [0.05, 0.1) is 24.4 Å². The summed E-state index contributed by atoms with van der Waals surface area (Å²) < 4.78 is 11.8.